The normalized spacial score (nSPS) is 28.7. The summed E-state index contributed by atoms with van der Waals surface area (Å²) in [4.78, 5) is 43.2. The third kappa shape index (κ3) is 4.06. The van der Waals surface area contributed by atoms with Gasteiger partial charge in [-0.05, 0) is 43.4 Å². The summed E-state index contributed by atoms with van der Waals surface area (Å²) in [6, 6.07) is 16.1. The van der Waals surface area contributed by atoms with Crippen molar-refractivity contribution in [2.24, 2.45) is 11.8 Å². The van der Waals surface area contributed by atoms with Gasteiger partial charge in [-0.2, -0.15) is 0 Å². The predicted octanol–water partition coefficient (Wildman–Crippen LogP) is 1.36. The maximum atomic E-state index is 14.0. The second-order valence-corrected chi connectivity index (χ2v) is 10.9. The number of aliphatic hydroxyl groups is 1. The van der Waals surface area contributed by atoms with Crippen LogP contribution in [0.2, 0.25) is 0 Å². The zero-order chi connectivity index (χ0) is 27.9. The molecule has 1 spiro atoms. The van der Waals surface area contributed by atoms with E-state index in [4.69, 9.17) is 4.74 Å². The second-order valence-electron chi connectivity index (χ2n) is 10.9. The average molecular weight is 547 g/mol. The van der Waals surface area contributed by atoms with E-state index in [9.17, 15) is 19.5 Å². The number of fused-ring (bicyclic) bond motifs is 2. The van der Waals surface area contributed by atoms with E-state index in [-0.39, 0.29) is 37.5 Å². The molecule has 3 fully saturated rings. The van der Waals surface area contributed by atoms with Crippen LogP contribution in [-0.2, 0) is 32.3 Å². The Labute approximate surface area is 231 Å². The van der Waals surface area contributed by atoms with Crippen molar-refractivity contribution in [3.8, 4) is 0 Å². The van der Waals surface area contributed by atoms with Crippen molar-refractivity contribution in [2.75, 3.05) is 13.2 Å². The van der Waals surface area contributed by atoms with Gasteiger partial charge >= 0.3 is 0 Å². The molecule has 3 N–H and O–H groups in total. The summed E-state index contributed by atoms with van der Waals surface area (Å²) >= 11 is 0. The molecule has 11 nitrogen and oxygen atoms in total. The summed E-state index contributed by atoms with van der Waals surface area (Å²) < 4.78 is 8.34. The molecule has 11 heteroatoms. The van der Waals surface area contributed by atoms with Gasteiger partial charge in [0.2, 0.25) is 17.7 Å². The summed E-state index contributed by atoms with van der Waals surface area (Å²) in [6.07, 6.45) is 1.95. The summed E-state index contributed by atoms with van der Waals surface area (Å²) in [7, 11) is 0. The van der Waals surface area contributed by atoms with Gasteiger partial charge in [-0.3, -0.25) is 14.4 Å². The van der Waals surface area contributed by atoms with Crippen LogP contribution in [0.5, 0.6) is 0 Å². The van der Waals surface area contributed by atoms with E-state index in [1.165, 1.54) is 4.90 Å². The minimum absolute atomic E-state index is 0.0680. The minimum atomic E-state index is -1.12. The zero-order valence-electron chi connectivity index (χ0n) is 22.5. The van der Waals surface area contributed by atoms with E-state index in [1.54, 1.807) is 4.68 Å². The van der Waals surface area contributed by atoms with E-state index in [1.807, 2.05) is 61.5 Å². The number of para-hydroxylation sites is 1. The molecule has 2 unspecified atom stereocenters. The number of hydrogen-bond donors (Lipinski definition) is 3. The van der Waals surface area contributed by atoms with Crippen molar-refractivity contribution in [1.29, 1.82) is 0 Å². The van der Waals surface area contributed by atoms with Gasteiger partial charge in [-0.15, -0.1) is 5.10 Å². The molecule has 0 radical (unpaired) electrons. The van der Waals surface area contributed by atoms with Crippen molar-refractivity contribution in [3.05, 3.63) is 60.2 Å². The highest BCUT2D eigenvalue weighted by Crippen LogP contribution is 2.64. The first-order valence-electron chi connectivity index (χ1n) is 13.9. The van der Waals surface area contributed by atoms with Gasteiger partial charge < -0.3 is 25.4 Å². The smallest absolute Gasteiger partial charge is 0.247 e. The minimum Gasteiger partial charge on any atom is -0.396 e. The van der Waals surface area contributed by atoms with Crippen LogP contribution in [0.25, 0.3) is 11.0 Å². The lowest BCUT2D eigenvalue weighted by molar-refractivity contribution is -0.148. The highest BCUT2D eigenvalue weighted by molar-refractivity contribution is 5.99. The van der Waals surface area contributed by atoms with Crippen LogP contribution in [-0.4, -0.2) is 73.1 Å². The zero-order valence-corrected chi connectivity index (χ0v) is 22.5. The third-order valence-corrected chi connectivity index (χ3v) is 8.90. The highest BCUT2D eigenvalue weighted by atomic mass is 16.5. The Bertz CT molecular complexity index is 1430. The van der Waals surface area contributed by atoms with Gasteiger partial charge in [0.15, 0.2) is 0 Å². The van der Waals surface area contributed by atoms with Gasteiger partial charge in [-0.1, -0.05) is 54.6 Å². The topological polar surface area (TPSA) is 139 Å². The molecule has 3 aliphatic heterocycles. The summed E-state index contributed by atoms with van der Waals surface area (Å²) in [5, 5.41) is 23.8. The van der Waals surface area contributed by atoms with Crippen molar-refractivity contribution in [2.45, 2.75) is 63.1 Å². The number of carbonyl (C=O) groups excluding carboxylic acids is 3. The molecule has 3 amide bonds. The van der Waals surface area contributed by atoms with Crippen LogP contribution in [0.1, 0.15) is 38.2 Å². The Kier molecular flexibility index (Phi) is 6.79. The number of nitrogens with zero attached hydrogens (tertiary/aromatic N) is 4. The number of aromatic nitrogens is 3. The van der Waals surface area contributed by atoms with Gasteiger partial charge in [0.1, 0.15) is 23.8 Å². The Balaban J connectivity index is 1.28. The monoisotopic (exact) mass is 546 g/mol. The molecule has 6 rings (SSSR count). The molecule has 3 aliphatic rings. The van der Waals surface area contributed by atoms with Gasteiger partial charge in [0.05, 0.1) is 23.0 Å². The molecule has 0 saturated carbocycles. The number of nitrogens with one attached hydrogen (secondary N) is 2. The van der Waals surface area contributed by atoms with E-state index >= 15 is 0 Å². The number of carbonyl (C=O) groups is 3. The van der Waals surface area contributed by atoms with Gasteiger partial charge in [0.25, 0.3) is 0 Å². The number of benzene rings is 2. The standard InChI is InChI=1S/C29H34N6O5/c1-2-28-13-14-29(40-28)23(22(28)25(37)30-17-19-9-4-3-5-10-19)27(39)34(15-8-16-36)24(29)26(38)31-18-35-21-12-7-6-11-20(21)32-33-35/h3-7,9-12,22-24,36H,2,8,13-18H2,1H3,(H,30,37)(H,31,38)/t22-,23+,24?,28+,29?/m1/s1. The maximum Gasteiger partial charge on any atom is 0.247 e. The van der Waals surface area contributed by atoms with E-state index in [0.29, 0.717) is 37.7 Å². The van der Waals surface area contributed by atoms with E-state index in [0.717, 1.165) is 11.1 Å². The van der Waals surface area contributed by atoms with Crippen molar-refractivity contribution in [1.82, 2.24) is 30.5 Å². The fourth-order valence-corrected chi connectivity index (χ4v) is 7.08. The number of ether oxygens (including phenoxy) is 1. The largest absolute Gasteiger partial charge is 0.396 e. The fraction of sp³-hybridized carbons (Fsp3) is 0.483. The summed E-state index contributed by atoms with van der Waals surface area (Å²) in [5.74, 6) is -2.36. The number of aliphatic hydroxyl groups excluding tert-OH is 1. The molecule has 0 aliphatic carbocycles. The number of amides is 3. The van der Waals surface area contributed by atoms with Crippen molar-refractivity contribution >= 4 is 28.8 Å². The van der Waals surface area contributed by atoms with Crippen LogP contribution in [0.15, 0.2) is 54.6 Å². The predicted molar refractivity (Wildman–Crippen MR) is 144 cm³/mol. The molecular weight excluding hydrogens is 512 g/mol. The SMILES string of the molecule is CC[C@@]12CCC3(O1)C(C(=O)NCn1nnc4ccccc41)N(CCCO)C(=O)[C@@H]3[C@@H]2C(=O)NCc1ccccc1. The lowest BCUT2D eigenvalue weighted by Gasteiger charge is -2.34. The van der Waals surface area contributed by atoms with Crippen molar-refractivity contribution < 1.29 is 24.2 Å². The molecule has 3 aromatic rings. The fourth-order valence-electron chi connectivity index (χ4n) is 7.08. The number of likely N-dealkylation sites (tertiary alicyclic amines) is 1. The van der Waals surface area contributed by atoms with Crippen LogP contribution >= 0.6 is 0 Å². The highest BCUT2D eigenvalue weighted by Gasteiger charge is 2.78. The lowest BCUT2D eigenvalue weighted by atomic mass is 9.65. The Morgan fingerprint density at radius 3 is 2.62 bits per heavy atom. The Morgan fingerprint density at radius 1 is 1.07 bits per heavy atom. The molecule has 1 aromatic heterocycles. The van der Waals surface area contributed by atoms with E-state index < -0.39 is 29.1 Å². The van der Waals surface area contributed by atoms with Crippen LogP contribution < -0.4 is 10.6 Å². The molecule has 5 atom stereocenters. The lowest BCUT2D eigenvalue weighted by Crippen LogP contribution is -2.55. The quantitative estimate of drug-likeness (QED) is 0.349. The molecule has 40 heavy (non-hydrogen) atoms. The van der Waals surface area contributed by atoms with Gasteiger partial charge in [-0.25, -0.2) is 4.68 Å². The summed E-state index contributed by atoms with van der Waals surface area (Å²) in [5.41, 5.74) is 0.511. The second kappa shape index (κ2) is 10.3. The average Bonchev–Trinajstić information content (AvgIpc) is 3.71. The van der Waals surface area contributed by atoms with Crippen LogP contribution in [0.3, 0.4) is 0 Å². The van der Waals surface area contributed by atoms with Crippen LogP contribution in [0, 0.1) is 11.8 Å². The molecule has 2 bridgehead atoms. The number of hydrogen-bond acceptors (Lipinski definition) is 7. The third-order valence-electron chi connectivity index (χ3n) is 8.90. The molecule has 4 heterocycles. The Morgan fingerprint density at radius 2 is 1.85 bits per heavy atom. The Hall–Kier alpha value is -3.83. The molecular formula is C29H34N6O5. The van der Waals surface area contributed by atoms with Crippen molar-refractivity contribution in [3.63, 3.8) is 0 Å². The van der Waals surface area contributed by atoms with Crippen LogP contribution in [0.4, 0.5) is 0 Å². The molecule has 210 valence electrons. The first-order valence-corrected chi connectivity index (χ1v) is 13.9. The number of rotatable bonds is 10. The maximum absolute atomic E-state index is 14.0. The first kappa shape index (κ1) is 26.4. The van der Waals surface area contributed by atoms with Gasteiger partial charge in [0, 0.05) is 19.7 Å². The van der Waals surface area contributed by atoms with E-state index in [2.05, 4.69) is 20.9 Å². The molecule has 2 aromatic carbocycles. The molecule has 3 saturated heterocycles. The first-order chi connectivity index (χ1) is 19.4. The summed E-state index contributed by atoms with van der Waals surface area (Å²) in [6.45, 7) is 2.45.